The van der Waals surface area contributed by atoms with Crippen LogP contribution in [0.25, 0.3) is 0 Å². The fourth-order valence-electron chi connectivity index (χ4n) is 2.23. The van der Waals surface area contributed by atoms with Gasteiger partial charge in [-0.1, -0.05) is 29.3 Å². The zero-order valence-electron chi connectivity index (χ0n) is 15.6. The number of ether oxygens (including phenoxy) is 2. The Kier molecular flexibility index (Phi) is 8.75. The molecule has 2 aromatic rings. The molecule has 2 N–H and O–H groups in total. The van der Waals surface area contributed by atoms with Crippen molar-refractivity contribution in [1.82, 2.24) is 10.7 Å². The number of carbonyl (C=O) groups is 2. The summed E-state index contributed by atoms with van der Waals surface area (Å²) < 4.78 is 11.8. The molecule has 29 heavy (non-hydrogen) atoms. The van der Waals surface area contributed by atoms with E-state index in [9.17, 15) is 9.59 Å². The molecule has 0 aliphatic rings. The summed E-state index contributed by atoms with van der Waals surface area (Å²) in [5.74, 6) is -0.734. The SMILES string of the molecule is CCNC(=O)C(=O)N/N=C\c1cc(Br)c(OCc2c(Cl)cccc2Cl)c(OC)c1. The van der Waals surface area contributed by atoms with Gasteiger partial charge in [0, 0.05) is 22.2 Å². The van der Waals surface area contributed by atoms with Gasteiger partial charge in [0.15, 0.2) is 11.5 Å². The van der Waals surface area contributed by atoms with Crippen molar-refractivity contribution < 1.29 is 19.1 Å². The van der Waals surface area contributed by atoms with Crippen molar-refractivity contribution in [3.63, 3.8) is 0 Å². The third kappa shape index (κ3) is 6.35. The predicted molar refractivity (Wildman–Crippen MR) is 116 cm³/mol. The van der Waals surface area contributed by atoms with Gasteiger partial charge in [-0.25, -0.2) is 5.43 Å². The quantitative estimate of drug-likeness (QED) is 0.341. The summed E-state index contributed by atoms with van der Waals surface area (Å²) in [4.78, 5) is 22.9. The van der Waals surface area contributed by atoms with E-state index in [-0.39, 0.29) is 6.61 Å². The lowest BCUT2D eigenvalue weighted by Crippen LogP contribution is -2.37. The highest BCUT2D eigenvalue weighted by Crippen LogP contribution is 2.37. The highest BCUT2D eigenvalue weighted by Gasteiger charge is 2.14. The highest BCUT2D eigenvalue weighted by molar-refractivity contribution is 9.10. The van der Waals surface area contributed by atoms with Crippen LogP contribution in [-0.4, -0.2) is 31.7 Å². The fraction of sp³-hybridized carbons (Fsp3) is 0.211. The summed E-state index contributed by atoms with van der Waals surface area (Å²) >= 11 is 15.8. The van der Waals surface area contributed by atoms with Crippen molar-refractivity contribution in [3.05, 3.63) is 56.0 Å². The van der Waals surface area contributed by atoms with Crippen LogP contribution in [0.1, 0.15) is 18.1 Å². The molecule has 10 heteroatoms. The molecule has 154 valence electrons. The number of nitrogens with zero attached hydrogens (tertiary/aromatic N) is 1. The van der Waals surface area contributed by atoms with E-state index in [0.717, 1.165) is 0 Å². The summed E-state index contributed by atoms with van der Waals surface area (Å²) in [7, 11) is 1.49. The Morgan fingerprint density at radius 1 is 1.21 bits per heavy atom. The molecule has 0 radical (unpaired) electrons. The maximum absolute atomic E-state index is 11.5. The zero-order valence-corrected chi connectivity index (χ0v) is 18.7. The molecule has 0 atom stereocenters. The van der Waals surface area contributed by atoms with Gasteiger partial charge >= 0.3 is 11.8 Å². The van der Waals surface area contributed by atoms with Crippen molar-refractivity contribution in [1.29, 1.82) is 0 Å². The Hall–Kier alpha value is -2.29. The number of hydrogen-bond acceptors (Lipinski definition) is 5. The summed E-state index contributed by atoms with van der Waals surface area (Å²) in [5, 5.41) is 7.15. The predicted octanol–water partition coefficient (Wildman–Crippen LogP) is 3.93. The average molecular weight is 503 g/mol. The number of amides is 2. The fourth-order valence-corrected chi connectivity index (χ4v) is 3.31. The molecule has 0 heterocycles. The second-order valence-electron chi connectivity index (χ2n) is 5.58. The van der Waals surface area contributed by atoms with Crippen molar-refractivity contribution in [2.24, 2.45) is 5.10 Å². The molecule has 2 aromatic carbocycles. The first-order chi connectivity index (χ1) is 13.9. The minimum absolute atomic E-state index is 0.142. The van der Waals surface area contributed by atoms with E-state index in [0.29, 0.717) is 43.7 Å². The lowest BCUT2D eigenvalue weighted by molar-refractivity contribution is -0.139. The number of nitrogens with one attached hydrogen (secondary N) is 2. The molecule has 0 saturated carbocycles. The zero-order chi connectivity index (χ0) is 21.4. The smallest absolute Gasteiger partial charge is 0.329 e. The van der Waals surface area contributed by atoms with E-state index >= 15 is 0 Å². The van der Waals surface area contributed by atoms with Crippen LogP contribution >= 0.6 is 39.1 Å². The topological polar surface area (TPSA) is 89.0 Å². The lowest BCUT2D eigenvalue weighted by Gasteiger charge is -2.14. The maximum Gasteiger partial charge on any atom is 0.329 e. The normalized spacial score (nSPS) is 10.7. The van der Waals surface area contributed by atoms with Crippen molar-refractivity contribution in [2.75, 3.05) is 13.7 Å². The second-order valence-corrected chi connectivity index (χ2v) is 7.25. The third-order valence-electron chi connectivity index (χ3n) is 3.60. The van der Waals surface area contributed by atoms with Gasteiger partial charge in [0.1, 0.15) is 6.61 Å². The molecule has 0 aliphatic heterocycles. The molecule has 0 spiro atoms. The van der Waals surface area contributed by atoms with Gasteiger partial charge in [0.25, 0.3) is 0 Å². The molecule has 7 nitrogen and oxygen atoms in total. The van der Waals surface area contributed by atoms with E-state index in [2.05, 4.69) is 31.8 Å². The minimum Gasteiger partial charge on any atom is -0.493 e. The Morgan fingerprint density at radius 3 is 2.52 bits per heavy atom. The van der Waals surface area contributed by atoms with E-state index in [1.807, 2.05) is 0 Å². The lowest BCUT2D eigenvalue weighted by atomic mass is 10.2. The van der Waals surface area contributed by atoms with E-state index in [1.54, 1.807) is 37.3 Å². The minimum atomic E-state index is -0.856. The van der Waals surface area contributed by atoms with Crippen molar-refractivity contribution in [3.8, 4) is 11.5 Å². The van der Waals surface area contributed by atoms with Gasteiger partial charge in [-0.2, -0.15) is 5.10 Å². The Labute approximate surface area is 186 Å². The monoisotopic (exact) mass is 501 g/mol. The number of rotatable bonds is 7. The molecule has 0 saturated heterocycles. The van der Waals surface area contributed by atoms with Crippen molar-refractivity contribution >= 4 is 57.2 Å². The summed E-state index contributed by atoms with van der Waals surface area (Å²) in [6.07, 6.45) is 1.37. The number of benzene rings is 2. The first kappa shape index (κ1) is 23.0. The Bertz CT molecular complexity index is 918. The largest absolute Gasteiger partial charge is 0.493 e. The van der Waals surface area contributed by atoms with Gasteiger partial charge in [-0.3, -0.25) is 9.59 Å². The molecule has 0 aliphatic carbocycles. The molecular weight excluding hydrogens is 485 g/mol. The second kappa shape index (κ2) is 11.0. The van der Waals surface area contributed by atoms with Crippen LogP contribution in [0.5, 0.6) is 11.5 Å². The molecule has 0 unspecified atom stereocenters. The first-order valence-corrected chi connectivity index (χ1v) is 9.96. The van der Waals surface area contributed by atoms with Crippen LogP contribution < -0.4 is 20.2 Å². The van der Waals surface area contributed by atoms with Crippen LogP contribution in [0.3, 0.4) is 0 Å². The molecule has 0 fully saturated rings. The summed E-state index contributed by atoms with van der Waals surface area (Å²) in [6.45, 7) is 2.20. The first-order valence-electron chi connectivity index (χ1n) is 8.41. The third-order valence-corrected chi connectivity index (χ3v) is 4.89. The number of carbonyl (C=O) groups excluding carboxylic acids is 2. The summed E-state index contributed by atoms with van der Waals surface area (Å²) in [5.41, 5.74) is 3.41. The Morgan fingerprint density at radius 2 is 1.90 bits per heavy atom. The van der Waals surface area contributed by atoms with Crippen LogP contribution in [0.15, 0.2) is 39.9 Å². The summed E-state index contributed by atoms with van der Waals surface area (Å²) in [6, 6.07) is 8.59. The standard InChI is InChI=1S/C19H18BrCl2N3O4/c1-3-23-18(26)19(27)25-24-9-11-7-13(20)17(16(8-11)28-2)29-10-12-14(21)5-4-6-15(12)22/h4-9H,3,10H2,1-2H3,(H,23,26)(H,25,27)/b24-9-. The number of hydrazone groups is 1. The van der Waals surface area contributed by atoms with Crippen LogP contribution in [0, 0.1) is 0 Å². The maximum atomic E-state index is 11.5. The van der Waals surface area contributed by atoms with Gasteiger partial charge in [0.2, 0.25) is 0 Å². The molecule has 0 aromatic heterocycles. The van der Waals surface area contributed by atoms with Gasteiger partial charge in [-0.05, 0) is 52.7 Å². The van der Waals surface area contributed by atoms with Gasteiger partial charge in [-0.15, -0.1) is 0 Å². The molecule has 2 rings (SSSR count). The van der Waals surface area contributed by atoms with Crippen LogP contribution in [-0.2, 0) is 16.2 Å². The number of halogens is 3. The number of methoxy groups -OCH3 is 1. The van der Waals surface area contributed by atoms with E-state index < -0.39 is 11.8 Å². The molecular formula is C19H18BrCl2N3O4. The van der Waals surface area contributed by atoms with Crippen molar-refractivity contribution in [2.45, 2.75) is 13.5 Å². The Balaban J connectivity index is 2.13. The number of likely N-dealkylation sites (N-methyl/N-ethyl adjacent to an activating group) is 1. The molecule has 0 bridgehead atoms. The van der Waals surface area contributed by atoms with E-state index in [1.165, 1.54) is 13.3 Å². The highest BCUT2D eigenvalue weighted by atomic mass is 79.9. The number of hydrogen-bond donors (Lipinski definition) is 2. The van der Waals surface area contributed by atoms with E-state index in [4.69, 9.17) is 32.7 Å². The van der Waals surface area contributed by atoms with Gasteiger partial charge in [0.05, 0.1) is 17.8 Å². The van der Waals surface area contributed by atoms with Crippen LogP contribution in [0.2, 0.25) is 10.0 Å². The average Bonchev–Trinajstić information content (AvgIpc) is 2.68. The molecule has 2 amide bonds. The van der Waals surface area contributed by atoms with Gasteiger partial charge < -0.3 is 14.8 Å². The van der Waals surface area contributed by atoms with Crippen LogP contribution in [0.4, 0.5) is 0 Å².